The molecule has 7 nitrogen and oxygen atoms in total. The molecule has 2 aromatic rings. The summed E-state index contributed by atoms with van der Waals surface area (Å²) in [5, 5.41) is 12.5. The maximum absolute atomic E-state index is 5.20. The number of ether oxygens (including phenoxy) is 1. The minimum absolute atomic E-state index is 0.266. The summed E-state index contributed by atoms with van der Waals surface area (Å²) in [6.07, 6.45) is 2.18. The molecule has 0 amide bonds. The predicted octanol–water partition coefficient (Wildman–Crippen LogP) is 2.60. The SMILES string of the molecule is CCC[C@H](c1nnnn1CCOC)N1CCN(c2cc(C)ccc2C)CC1. The number of methoxy groups -OCH3 is 1. The van der Waals surface area contributed by atoms with Crippen molar-refractivity contribution in [3.05, 3.63) is 35.2 Å². The van der Waals surface area contributed by atoms with E-state index in [0.717, 1.165) is 44.8 Å². The van der Waals surface area contributed by atoms with E-state index < -0.39 is 0 Å². The van der Waals surface area contributed by atoms with Gasteiger partial charge in [0.25, 0.3) is 0 Å². The Morgan fingerprint density at radius 2 is 1.93 bits per heavy atom. The third-order valence-electron chi connectivity index (χ3n) is 5.39. The van der Waals surface area contributed by atoms with Gasteiger partial charge in [-0.3, -0.25) is 4.90 Å². The number of tetrazole rings is 1. The van der Waals surface area contributed by atoms with E-state index in [1.165, 1.54) is 16.8 Å². The molecule has 1 aromatic carbocycles. The number of anilines is 1. The number of aryl methyl sites for hydroxylation is 2. The lowest BCUT2D eigenvalue weighted by molar-refractivity contribution is 0.153. The van der Waals surface area contributed by atoms with E-state index in [2.05, 4.69) is 64.3 Å². The monoisotopic (exact) mass is 372 g/mol. The number of benzene rings is 1. The van der Waals surface area contributed by atoms with E-state index >= 15 is 0 Å². The van der Waals surface area contributed by atoms with Crippen LogP contribution in [0.25, 0.3) is 0 Å². The molecule has 1 aliphatic rings. The van der Waals surface area contributed by atoms with Crippen molar-refractivity contribution >= 4 is 5.69 Å². The zero-order chi connectivity index (χ0) is 19.2. The van der Waals surface area contributed by atoms with Crippen LogP contribution in [0.2, 0.25) is 0 Å². The van der Waals surface area contributed by atoms with Crippen LogP contribution < -0.4 is 4.90 Å². The molecular weight excluding hydrogens is 340 g/mol. The Labute approximate surface area is 162 Å². The van der Waals surface area contributed by atoms with Crippen LogP contribution in [0.15, 0.2) is 18.2 Å². The summed E-state index contributed by atoms with van der Waals surface area (Å²) in [5.41, 5.74) is 4.04. The molecule has 148 valence electrons. The van der Waals surface area contributed by atoms with Gasteiger partial charge in [0.1, 0.15) is 0 Å². The highest BCUT2D eigenvalue weighted by Crippen LogP contribution is 2.28. The molecule has 3 rings (SSSR count). The second kappa shape index (κ2) is 9.28. The van der Waals surface area contributed by atoms with Crippen molar-refractivity contribution in [2.75, 3.05) is 44.8 Å². The maximum atomic E-state index is 5.20. The molecular formula is C20H32N6O. The minimum atomic E-state index is 0.266. The van der Waals surface area contributed by atoms with E-state index in [4.69, 9.17) is 4.74 Å². The maximum Gasteiger partial charge on any atom is 0.168 e. The Kier molecular flexibility index (Phi) is 6.79. The van der Waals surface area contributed by atoms with Crippen molar-refractivity contribution in [1.82, 2.24) is 25.1 Å². The van der Waals surface area contributed by atoms with Gasteiger partial charge in [0.05, 0.1) is 19.2 Å². The molecule has 0 bridgehead atoms. The Hall–Kier alpha value is -1.99. The fourth-order valence-corrected chi connectivity index (χ4v) is 3.87. The highest BCUT2D eigenvalue weighted by atomic mass is 16.5. The summed E-state index contributed by atoms with van der Waals surface area (Å²) in [4.78, 5) is 5.05. The number of hydrogen-bond donors (Lipinski definition) is 0. The summed E-state index contributed by atoms with van der Waals surface area (Å²) < 4.78 is 7.11. The van der Waals surface area contributed by atoms with E-state index in [0.29, 0.717) is 13.2 Å². The fourth-order valence-electron chi connectivity index (χ4n) is 3.87. The zero-order valence-electron chi connectivity index (χ0n) is 17.1. The smallest absolute Gasteiger partial charge is 0.168 e. The number of aromatic nitrogens is 4. The molecule has 7 heteroatoms. The summed E-state index contributed by atoms with van der Waals surface area (Å²) in [6, 6.07) is 6.98. The van der Waals surface area contributed by atoms with Crippen LogP contribution in [-0.2, 0) is 11.3 Å². The highest BCUT2D eigenvalue weighted by molar-refractivity contribution is 5.55. The van der Waals surface area contributed by atoms with Crippen molar-refractivity contribution < 1.29 is 4.74 Å². The molecule has 2 heterocycles. The Morgan fingerprint density at radius 1 is 1.15 bits per heavy atom. The predicted molar refractivity (Wildman–Crippen MR) is 107 cm³/mol. The lowest BCUT2D eigenvalue weighted by Crippen LogP contribution is -2.48. The van der Waals surface area contributed by atoms with Crippen molar-refractivity contribution in [2.24, 2.45) is 0 Å². The molecule has 1 fully saturated rings. The Balaban J connectivity index is 1.70. The van der Waals surface area contributed by atoms with Crippen molar-refractivity contribution in [3.63, 3.8) is 0 Å². The Bertz CT molecular complexity index is 723. The molecule has 1 saturated heterocycles. The summed E-state index contributed by atoms with van der Waals surface area (Å²) in [7, 11) is 1.71. The normalized spacial score (nSPS) is 16.7. The first-order chi connectivity index (χ1) is 13.1. The first kappa shape index (κ1) is 19.8. The van der Waals surface area contributed by atoms with Gasteiger partial charge in [-0.15, -0.1) is 5.10 Å². The molecule has 1 aromatic heterocycles. The summed E-state index contributed by atoms with van der Waals surface area (Å²) in [5.74, 6) is 0.967. The van der Waals surface area contributed by atoms with Gasteiger partial charge in [-0.05, 0) is 47.9 Å². The van der Waals surface area contributed by atoms with Crippen LogP contribution in [-0.4, -0.2) is 65.0 Å². The van der Waals surface area contributed by atoms with Gasteiger partial charge in [0.2, 0.25) is 0 Å². The molecule has 0 radical (unpaired) electrons. The average Bonchev–Trinajstić information content (AvgIpc) is 3.15. The standard InChI is InChI=1S/C20H32N6O/c1-5-6-18(20-21-22-23-26(20)13-14-27-4)24-9-11-25(12-10-24)19-15-16(2)7-8-17(19)3/h7-8,15,18H,5-6,9-14H2,1-4H3/t18-/m1/s1. The second-order valence-corrected chi connectivity index (χ2v) is 7.37. The van der Waals surface area contributed by atoms with Crippen LogP contribution in [0.1, 0.15) is 42.8 Å². The van der Waals surface area contributed by atoms with Gasteiger partial charge < -0.3 is 9.64 Å². The first-order valence-electron chi connectivity index (χ1n) is 9.95. The molecule has 0 saturated carbocycles. The van der Waals surface area contributed by atoms with Gasteiger partial charge in [-0.1, -0.05) is 25.5 Å². The highest BCUT2D eigenvalue weighted by Gasteiger charge is 2.28. The van der Waals surface area contributed by atoms with E-state index in [-0.39, 0.29) is 6.04 Å². The van der Waals surface area contributed by atoms with E-state index in [1.54, 1.807) is 7.11 Å². The van der Waals surface area contributed by atoms with Gasteiger partial charge in [-0.25, -0.2) is 4.68 Å². The van der Waals surface area contributed by atoms with Crippen LogP contribution in [0.5, 0.6) is 0 Å². The lowest BCUT2D eigenvalue weighted by atomic mass is 10.1. The van der Waals surface area contributed by atoms with Crippen LogP contribution in [0.3, 0.4) is 0 Å². The number of nitrogens with zero attached hydrogens (tertiary/aromatic N) is 6. The van der Waals surface area contributed by atoms with Gasteiger partial charge >= 0.3 is 0 Å². The van der Waals surface area contributed by atoms with Crippen LogP contribution >= 0.6 is 0 Å². The quantitative estimate of drug-likeness (QED) is 0.710. The number of piperazine rings is 1. The summed E-state index contributed by atoms with van der Waals surface area (Å²) in [6.45, 7) is 12.0. The van der Waals surface area contributed by atoms with Crippen molar-refractivity contribution in [3.8, 4) is 0 Å². The third kappa shape index (κ3) is 4.65. The number of rotatable bonds is 8. The molecule has 1 atom stereocenters. The van der Waals surface area contributed by atoms with Gasteiger partial charge in [-0.2, -0.15) is 0 Å². The third-order valence-corrected chi connectivity index (χ3v) is 5.39. The van der Waals surface area contributed by atoms with Crippen LogP contribution in [0.4, 0.5) is 5.69 Å². The van der Waals surface area contributed by atoms with Gasteiger partial charge in [0.15, 0.2) is 5.82 Å². The number of hydrogen-bond acceptors (Lipinski definition) is 6. The van der Waals surface area contributed by atoms with Gasteiger partial charge in [0, 0.05) is 39.0 Å². The van der Waals surface area contributed by atoms with Crippen LogP contribution in [0, 0.1) is 13.8 Å². The summed E-state index contributed by atoms with van der Waals surface area (Å²) >= 11 is 0. The molecule has 0 aliphatic carbocycles. The van der Waals surface area contributed by atoms with Crippen molar-refractivity contribution in [2.45, 2.75) is 46.2 Å². The largest absolute Gasteiger partial charge is 0.383 e. The Morgan fingerprint density at radius 3 is 2.63 bits per heavy atom. The topological polar surface area (TPSA) is 59.3 Å². The molecule has 0 N–H and O–H groups in total. The second-order valence-electron chi connectivity index (χ2n) is 7.37. The average molecular weight is 373 g/mol. The zero-order valence-corrected chi connectivity index (χ0v) is 17.1. The molecule has 1 aliphatic heterocycles. The van der Waals surface area contributed by atoms with Crippen molar-refractivity contribution in [1.29, 1.82) is 0 Å². The lowest BCUT2D eigenvalue weighted by Gasteiger charge is -2.40. The molecule has 27 heavy (non-hydrogen) atoms. The minimum Gasteiger partial charge on any atom is -0.383 e. The first-order valence-corrected chi connectivity index (χ1v) is 9.95. The molecule has 0 unspecified atom stereocenters. The van der Waals surface area contributed by atoms with E-state index in [9.17, 15) is 0 Å². The molecule has 0 spiro atoms. The van der Waals surface area contributed by atoms with E-state index in [1.807, 2.05) is 4.68 Å². The fraction of sp³-hybridized carbons (Fsp3) is 0.650.